The zero-order valence-electron chi connectivity index (χ0n) is 10.1. The molecule has 5 heteroatoms. The lowest BCUT2D eigenvalue weighted by atomic mass is 10.2. The first kappa shape index (κ1) is 13.9. The number of para-hydroxylation sites is 1. The molecule has 0 radical (unpaired) electrons. The van der Waals surface area contributed by atoms with Gasteiger partial charge in [0.25, 0.3) is 5.91 Å². The minimum atomic E-state index is -0.240. The molecule has 19 heavy (non-hydrogen) atoms. The van der Waals surface area contributed by atoms with E-state index in [1.807, 2.05) is 6.07 Å². The van der Waals surface area contributed by atoms with Gasteiger partial charge in [-0.15, -0.1) is 0 Å². The van der Waals surface area contributed by atoms with Crippen LogP contribution in [0.15, 0.2) is 46.9 Å². The predicted molar refractivity (Wildman–Crippen MR) is 80.1 cm³/mol. The van der Waals surface area contributed by atoms with E-state index in [0.717, 1.165) is 4.47 Å². The van der Waals surface area contributed by atoms with Crippen molar-refractivity contribution in [3.05, 3.63) is 57.5 Å². The van der Waals surface area contributed by atoms with Crippen molar-refractivity contribution in [1.82, 2.24) is 0 Å². The van der Waals surface area contributed by atoms with E-state index in [-0.39, 0.29) is 5.91 Å². The molecule has 0 saturated heterocycles. The summed E-state index contributed by atoms with van der Waals surface area (Å²) < 4.78 is 5.93. The highest BCUT2D eigenvalue weighted by atomic mass is 79.9. The van der Waals surface area contributed by atoms with Crippen LogP contribution in [0.5, 0.6) is 5.75 Å². The van der Waals surface area contributed by atoms with Crippen molar-refractivity contribution in [2.45, 2.75) is 0 Å². The number of carbonyl (C=O) groups excluding carboxylic acids is 1. The van der Waals surface area contributed by atoms with Crippen molar-refractivity contribution in [1.29, 1.82) is 0 Å². The first-order chi connectivity index (χ1) is 9.11. The smallest absolute Gasteiger partial charge is 0.259 e. The van der Waals surface area contributed by atoms with E-state index in [9.17, 15) is 4.79 Å². The molecule has 3 nitrogen and oxygen atoms in total. The molecule has 0 bridgehead atoms. The SMILES string of the molecule is COc1ccccc1C(=O)Nc1ccc(Br)c(Cl)c1. The van der Waals surface area contributed by atoms with Crippen LogP contribution >= 0.6 is 27.5 Å². The molecule has 0 spiro atoms. The van der Waals surface area contributed by atoms with Crippen LogP contribution in [-0.2, 0) is 0 Å². The molecular weight excluding hydrogens is 330 g/mol. The number of amides is 1. The van der Waals surface area contributed by atoms with Gasteiger partial charge in [0.2, 0.25) is 0 Å². The van der Waals surface area contributed by atoms with Crippen molar-refractivity contribution >= 4 is 39.1 Å². The zero-order valence-corrected chi connectivity index (χ0v) is 12.5. The first-order valence-electron chi connectivity index (χ1n) is 5.51. The van der Waals surface area contributed by atoms with Crippen LogP contribution in [0.4, 0.5) is 5.69 Å². The van der Waals surface area contributed by atoms with Crippen molar-refractivity contribution < 1.29 is 9.53 Å². The number of methoxy groups -OCH3 is 1. The molecule has 0 aliphatic carbocycles. The Morgan fingerprint density at radius 1 is 1.26 bits per heavy atom. The van der Waals surface area contributed by atoms with Gasteiger partial charge in [-0.25, -0.2) is 0 Å². The average molecular weight is 341 g/mol. The Kier molecular flexibility index (Phi) is 4.45. The molecule has 1 N–H and O–H groups in total. The van der Waals surface area contributed by atoms with Gasteiger partial charge < -0.3 is 10.1 Å². The fourth-order valence-corrected chi connectivity index (χ4v) is 2.03. The molecule has 1 amide bonds. The zero-order chi connectivity index (χ0) is 13.8. The molecule has 0 heterocycles. The van der Waals surface area contributed by atoms with Gasteiger partial charge in [-0.3, -0.25) is 4.79 Å². The topological polar surface area (TPSA) is 38.3 Å². The number of anilines is 1. The van der Waals surface area contributed by atoms with Crippen LogP contribution in [0.3, 0.4) is 0 Å². The van der Waals surface area contributed by atoms with Crippen molar-refractivity contribution in [3.63, 3.8) is 0 Å². The maximum Gasteiger partial charge on any atom is 0.259 e. The number of halogens is 2. The van der Waals surface area contributed by atoms with Crippen molar-refractivity contribution in [3.8, 4) is 5.75 Å². The summed E-state index contributed by atoms with van der Waals surface area (Å²) in [6, 6.07) is 12.3. The van der Waals surface area contributed by atoms with E-state index >= 15 is 0 Å². The number of hydrogen-bond donors (Lipinski definition) is 1. The molecule has 0 unspecified atom stereocenters. The van der Waals surface area contributed by atoms with Gasteiger partial charge in [0.05, 0.1) is 17.7 Å². The van der Waals surface area contributed by atoms with Gasteiger partial charge in [0.15, 0.2) is 0 Å². The molecule has 0 atom stereocenters. The standard InChI is InChI=1S/C14H11BrClNO2/c1-19-13-5-3-2-4-10(13)14(18)17-9-6-7-11(15)12(16)8-9/h2-8H,1H3,(H,17,18). The molecule has 2 aromatic carbocycles. The quantitative estimate of drug-likeness (QED) is 0.901. The van der Waals surface area contributed by atoms with E-state index < -0.39 is 0 Å². The van der Waals surface area contributed by atoms with E-state index in [2.05, 4.69) is 21.2 Å². The summed E-state index contributed by atoms with van der Waals surface area (Å²) in [5, 5.41) is 3.32. The largest absolute Gasteiger partial charge is 0.496 e. The van der Waals surface area contributed by atoms with Crippen LogP contribution in [0, 0.1) is 0 Å². The molecule has 2 aromatic rings. The maximum atomic E-state index is 12.1. The summed E-state index contributed by atoms with van der Waals surface area (Å²) in [7, 11) is 1.53. The van der Waals surface area contributed by atoms with Crippen LogP contribution in [-0.4, -0.2) is 13.0 Å². The average Bonchev–Trinajstić information content (AvgIpc) is 2.43. The monoisotopic (exact) mass is 339 g/mol. The Morgan fingerprint density at radius 2 is 2.00 bits per heavy atom. The molecule has 0 aliphatic heterocycles. The van der Waals surface area contributed by atoms with E-state index in [0.29, 0.717) is 22.0 Å². The maximum absolute atomic E-state index is 12.1. The summed E-state index contributed by atoms with van der Waals surface area (Å²) in [6.07, 6.45) is 0. The number of ether oxygens (including phenoxy) is 1. The second-order valence-electron chi connectivity index (χ2n) is 3.78. The number of benzene rings is 2. The third kappa shape index (κ3) is 3.28. The van der Waals surface area contributed by atoms with E-state index in [1.54, 1.807) is 36.4 Å². The fourth-order valence-electron chi connectivity index (χ4n) is 1.60. The third-order valence-electron chi connectivity index (χ3n) is 2.53. The van der Waals surface area contributed by atoms with Crippen LogP contribution < -0.4 is 10.1 Å². The lowest BCUT2D eigenvalue weighted by Crippen LogP contribution is -2.13. The molecule has 0 saturated carbocycles. The van der Waals surface area contributed by atoms with Crippen LogP contribution in [0.2, 0.25) is 5.02 Å². The summed E-state index contributed by atoms with van der Waals surface area (Å²) in [4.78, 5) is 12.1. The predicted octanol–water partition coefficient (Wildman–Crippen LogP) is 4.36. The van der Waals surface area contributed by atoms with E-state index in [4.69, 9.17) is 16.3 Å². The second-order valence-corrected chi connectivity index (χ2v) is 5.04. The Labute approximate surface area is 124 Å². The Bertz CT molecular complexity index is 616. The highest BCUT2D eigenvalue weighted by Crippen LogP contribution is 2.26. The minimum absolute atomic E-state index is 0.240. The van der Waals surface area contributed by atoms with Crippen LogP contribution in [0.25, 0.3) is 0 Å². The number of nitrogens with one attached hydrogen (secondary N) is 1. The second kappa shape index (κ2) is 6.08. The summed E-state index contributed by atoms with van der Waals surface area (Å²) >= 11 is 9.28. The number of rotatable bonds is 3. The lowest BCUT2D eigenvalue weighted by Gasteiger charge is -2.09. The summed E-state index contributed by atoms with van der Waals surface area (Å²) in [6.45, 7) is 0. The molecule has 98 valence electrons. The van der Waals surface area contributed by atoms with Crippen molar-refractivity contribution in [2.24, 2.45) is 0 Å². The molecule has 0 aliphatic rings. The number of hydrogen-bond acceptors (Lipinski definition) is 2. The molecular formula is C14H11BrClNO2. The Morgan fingerprint density at radius 3 is 2.68 bits per heavy atom. The van der Waals surface area contributed by atoms with E-state index in [1.165, 1.54) is 7.11 Å². The molecule has 0 fully saturated rings. The lowest BCUT2D eigenvalue weighted by molar-refractivity contribution is 0.102. The van der Waals surface area contributed by atoms with Gasteiger partial charge in [-0.05, 0) is 46.3 Å². The van der Waals surface area contributed by atoms with Gasteiger partial charge in [0.1, 0.15) is 5.75 Å². The fraction of sp³-hybridized carbons (Fsp3) is 0.0714. The Hall–Kier alpha value is -1.52. The minimum Gasteiger partial charge on any atom is -0.496 e. The highest BCUT2D eigenvalue weighted by Gasteiger charge is 2.11. The highest BCUT2D eigenvalue weighted by molar-refractivity contribution is 9.10. The van der Waals surface area contributed by atoms with Gasteiger partial charge >= 0.3 is 0 Å². The van der Waals surface area contributed by atoms with Gasteiger partial charge in [-0.2, -0.15) is 0 Å². The van der Waals surface area contributed by atoms with Gasteiger partial charge in [0, 0.05) is 10.2 Å². The number of carbonyl (C=O) groups is 1. The van der Waals surface area contributed by atoms with Crippen LogP contribution in [0.1, 0.15) is 10.4 Å². The first-order valence-corrected chi connectivity index (χ1v) is 6.68. The van der Waals surface area contributed by atoms with Crippen molar-refractivity contribution in [2.75, 3.05) is 12.4 Å². The summed E-state index contributed by atoms with van der Waals surface area (Å²) in [5.41, 5.74) is 1.10. The van der Waals surface area contributed by atoms with Gasteiger partial charge in [-0.1, -0.05) is 23.7 Å². The third-order valence-corrected chi connectivity index (χ3v) is 3.76. The molecule has 0 aromatic heterocycles. The molecule has 2 rings (SSSR count). The normalized spacial score (nSPS) is 10.1. The Balaban J connectivity index is 2.23. The summed E-state index contributed by atoms with van der Waals surface area (Å²) in [5.74, 6) is 0.291.